The topological polar surface area (TPSA) is 80.9 Å². The summed E-state index contributed by atoms with van der Waals surface area (Å²) >= 11 is 0. The SMILES string of the molecule is Cc1ccc(F)c(-c2nnnn2CCC(C)C(=O)O)c1F. The highest BCUT2D eigenvalue weighted by Gasteiger charge is 2.20. The minimum Gasteiger partial charge on any atom is -0.481 e. The van der Waals surface area contributed by atoms with Gasteiger partial charge in [0.05, 0.1) is 11.5 Å². The first-order valence-corrected chi connectivity index (χ1v) is 6.35. The Labute approximate surface area is 119 Å². The molecule has 0 saturated carbocycles. The summed E-state index contributed by atoms with van der Waals surface area (Å²) in [4.78, 5) is 10.8. The Hall–Kier alpha value is -2.38. The zero-order chi connectivity index (χ0) is 15.6. The van der Waals surface area contributed by atoms with Crippen molar-refractivity contribution in [2.45, 2.75) is 26.8 Å². The highest BCUT2D eigenvalue weighted by molar-refractivity contribution is 5.69. The standard InChI is InChI=1S/C13H14F2N4O2/c1-7-3-4-9(14)10(11(7)15)12-16-17-18-19(12)6-5-8(2)13(20)21/h3-4,8H,5-6H2,1-2H3,(H,20,21). The largest absolute Gasteiger partial charge is 0.481 e. The molecule has 1 heterocycles. The fourth-order valence-corrected chi connectivity index (χ4v) is 1.84. The van der Waals surface area contributed by atoms with Crippen LogP contribution in [0.25, 0.3) is 11.4 Å². The van der Waals surface area contributed by atoms with E-state index in [0.717, 1.165) is 6.07 Å². The van der Waals surface area contributed by atoms with Crippen LogP contribution in [-0.4, -0.2) is 31.3 Å². The van der Waals surface area contributed by atoms with Gasteiger partial charge in [0.25, 0.3) is 0 Å². The minimum atomic E-state index is -0.947. The van der Waals surface area contributed by atoms with Crippen LogP contribution in [0, 0.1) is 24.5 Å². The van der Waals surface area contributed by atoms with Crippen molar-refractivity contribution in [1.82, 2.24) is 20.2 Å². The molecule has 0 aliphatic heterocycles. The fourth-order valence-electron chi connectivity index (χ4n) is 1.84. The van der Waals surface area contributed by atoms with Crippen molar-refractivity contribution in [3.63, 3.8) is 0 Å². The second-order valence-electron chi connectivity index (χ2n) is 4.81. The summed E-state index contributed by atoms with van der Waals surface area (Å²) in [6, 6.07) is 2.47. The van der Waals surface area contributed by atoms with E-state index < -0.39 is 23.5 Å². The van der Waals surface area contributed by atoms with Gasteiger partial charge in [0, 0.05) is 6.54 Å². The highest BCUT2D eigenvalue weighted by atomic mass is 19.1. The van der Waals surface area contributed by atoms with Crippen molar-refractivity contribution < 1.29 is 18.7 Å². The summed E-state index contributed by atoms with van der Waals surface area (Å²) in [5.74, 6) is -3.09. The molecule has 0 bridgehead atoms. The number of halogens is 2. The number of aromatic nitrogens is 4. The normalized spacial score (nSPS) is 12.4. The number of aliphatic carboxylic acids is 1. The third-order valence-corrected chi connectivity index (χ3v) is 3.24. The Balaban J connectivity index is 2.33. The van der Waals surface area contributed by atoms with Gasteiger partial charge in [-0.05, 0) is 35.4 Å². The molecule has 0 fully saturated rings. The maximum Gasteiger partial charge on any atom is 0.306 e. The number of aryl methyl sites for hydroxylation is 2. The predicted octanol–water partition coefficient (Wildman–Crippen LogP) is 2.04. The number of nitrogens with zero attached hydrogens (tertiary/aromatic N) is 4. The van der Waals surface area contributed by atoms with E-state index in [9.17, 15) is 13.6 Å². The van der Waals surface area contributed by atoms with Crippen LogP contribution in [0.5, 0.6) is 0 Å². The van der Waals surface area contributed by atoms with E-state index in [1.54, 1.807) is 6.92 Å². The van der Waals surface area contributed by atoms with Crippen molar-refractivity contribution in [2.24, 2.45) is 5.92 Å². The monoisotopic (exact) mass is 296 g/mol. The lowest BCUT2D eigenvalue weighted by Gasteiger charge is -2.09. The molecule has 1 N–H and O–H groups in total. The van der Waals surface area contributed by atoms with E-state index in [1.165, 1.54) is 17.7 Å². The summed E-state index contributed by atoms with van der Waals surface area (Å²) in [5.41, 5.74) is -0.0252. The van der Waals surface area contributed by atoms with Crippen LogP contribution < -0.4 is 0 Å². The van der Waals surface area contributed by atoms with Gasteiger partial charge in [0.1, 0.15) is 11.6 Å². The molecule has 0 saturated heterocycles. The fraction of sp³-hybridized carbons (Fsp3) is 0.385. The van der Waals surface area contributed by atoms with Crippen molar-refractivity contribution in [2.75, 3.05) is 0 Å². The summed E-state index contributed by atoms with van der Waals surface area (Å²) in [6.45, 7) is 3.21. The second-order valence-corrected chi connectivity index (χ2v) is 4.81. The molecule has 0 spiro atoms. The van der Waals surface area contributed by atoms with Crippen LogP contribution in [0.3, 0.4) is 0 Å². The lowest BCUT2D eigenvalue weighted by molar-refractivity contribution is -0.141. The lowest BCUT2D eigenvalue weighted by atomic mass is 10.1. The van der Waals surface area contributed by atoms with Crippen molar-refractivity contribution in [1.29, 1.82) is 0 Å². The predicted molar refractivity (Wildman–Crippen MR) is 69.3 cm³/mol. The molecule has 0 radical (unpaired) electrons. The average molecular weight is 296 g/mol. The van der Waals surface area contributed by atoms with Crippen molar-refractivity contribution >= 4 is 5.97 Å². The van der Waals surface area contributed by atoms with Crippen molar-refractivity contribution in [3.05, 3.63) is 29.3 Å². The first-order valence-electron chi connectivity index (χ1n) is 6.35. The van der Waals surface area contributed by atoms with Crippen LogP contribution in [0.15, 0.2) is 12.1 Å². The molecule has 0 amide bonds. The Kier molecular flexibility index (Phi) is 4.25. The summed E-state index contributed by atoms with van der Waals surface area (Å²) in [6.07, 6.45) is 0.252. The Morgan fingerprint density at radius 2 is 2.14 bits per heavy atom. The first-order chi connectivity index (χ1) is 9.91. The maximum atomic E-state index is 14.1. The van der Waals surface area contributed by atoms with E-state index in [0.29, 0.717) is 0 Å². The van der Waals surface area contributed by atoms with Gasteiger partial charge < -0.3 is 5.11 Å². The number of tetrazole rings is 1. The van der Waals surface area contributed by atoms with Crippen molar-refractivity contribution in [3.8, 4) is 11.4 Å². The molecule has 1 atom stereocenters. The molecule has 8 heteroatoms. The zero-order valence-corrected chi connectivity index (χ0v) is 11.5. The van der Waals surface area contributed by atoms with Crippen LogP contribution in [0.2, 0.25) is 0 Å². The van der Waals surface area contributed by atoms with E-state index in [4.69, 9.17) is 5.11 Å². The van der Waals surface area contributed by atoms with Gasteiger partial charge in [-0.15, -0.1) is 5.10 Å². The maximum absolute atomic E-state index is 14.1. The third kappa shape index (κ3) is 3.04. The van der Waals surface area contributed by atoms with Crippen LogP contribution in [-0.2, 0) is 11.3 Å². The van der Waals surface area contributed by atoms with Crippen LogP contribution in [0.1, 0.15) is 18.9 Å². The molecule has 1 aromatic heterocycles. The molecule has 6 nitrogen and oxygen atoms in total. The van der Waals surface area contributed by atoms with Crippen LogP contribution >= 0.6 is 0 Å². The number of benzene rings is 1. The molecule has 2 aromatic rings. The number of hydrogen-bond acceptors (Lipinski definition) is 4. The highest BCUT2D eigenvalue weighted by Crippen LogP contribution is 2.26. The van der Waals surface area contributed by atoms with E-state index in [2.05, 4.69) is 15.5 Å². The quantitative estimate of drug-likeness (QED) is 0.913. The van der Waals surface area contributed by atoms with Crippen LogP contribution in [0.4, 0.5) is 8.78 Å². The molecule has 1 unspecified atom stereocenters. The van der Waals surface area contributed by atoms with Gasteiger partial charge >= 0.3 is 5.97 Å². The summed E-state index contributed by atoms with van der Waals surface area (Å²) in [7, 11) is 0. The molecular formula is C13H14F2N4O2. The van der Waals surface area contributed by atoms with E-state index in [-0.39, 0.29) is 29.9 Å². The van der Waals surface area contributed by atoms with Gasteiger partial charge in [0.2, 0.25) is 0 Å². The molecule has 1 aromatic carbocycles. The Morgan fingerprint density at radius 3 is 2.81 bits per heavy atom. The molecule has 21 heavy (non-hydrogen) atoms. The molecular weight excluding hydrogens is 282 g/mol. The number of carboxylic acid groups (broad SMARTS) is 1. The van der Waals surface area contributed by atoms with Gasteiger partial charge in [-0.25, -0.2) is 13.5 Å². The van der Waals surface area contributed by atoms with Gasteiger partial charge in [-0.3, -0.25) is 4.79 Å². The number of carbonyl (C=O) groups is 1. The molecule has 0 aliphatic rings. The number of rotatable bonds is 5. The lowest BCUT2D eigenvalue weighted by Crippen LogP contribution is -2.14. The molecule has 2 rings (SSSR count). The van der Waals surface area contributed by atoms with E-state index in [1.807, 2.05) is 0 Å². The van der Waals surface area contributed by atoms with Gasteiger partial charge in [-0.2, -0.15) is 0 Å². The number of hydrogen-bond donors (Lipinski definition) is 1. The Bertz CT molecular complexity index is 672. The minimum absolute atomic E-state index is 0.0497. The second kappa shape index (κ2) is 5.94. The summed E-state index contributed by atoms with van der Waals surface area (Å²) in [5, 5.41) is 19.6. The van der Waals surface area contributed by atoms with E-state index >= 15 is 0 Å². The Morgan fingerprint density at radius 1 is 1.43 bits per heavy atom. The summed E-state index contributed by atoms with van der Waals surface area (Å²) < 4.78 is 29.2. The number of carboxylic acids is 1. The van der Waals surface area contributed by atoms with Gasteiger partial charge in [-0.1, -0.05) is 13.0 Å². The molecule has 112 valence electrons. The zero-order valence-electron chi connectivity index (χ0n) is 11.5. The molecule has 0 aliphatic carbocycles. The third-order valence-electron chi connectivity index (χ3n) is 3.24. The first kappa shape index (κ1) is 15.0. The van der Waals surface area contributed by atoms with Gasteiger partial charge in [0.15, 0.2) is 5.82 Å². The average Bonchev–Trinajstić information content (AvgIpc) is 2.89. The smallest absolute Gasteiger partial charge is 0.306 e.